The molecule has 0 bridgehead atoms. The van der Waals surface area contributed by atoms with Crippen molar-refractivity contribution >= 4 is 11.7 Å². The van der Waals surface area contributed by atoms with Gasteiger partial charge in [-0.05, 0) is 48.4 Å². The number of hydrogen-bond donors (Lipinski definition) is 1. The molecule has 2 aliphatic rings. The van der Waals surface area contributed by atoms with E-state index in [-0.39, 0.29) is 5.97 Å². The van der Waals surface area contributed by atoms with Crippen molar-refractivity contribution in [3.63, 3.8) is 0 Å². The number of aromatic nitrogens is 1. The van der Waals surface area contributed by atoms with E-state index in [1.54, 1.807) is 18.5 Å². The third-order valence-corrected chi connectivity index (χ3v) is 5.02. The van der Waals surface area contributed by atoms with E-state index in [0.717, 1.165) is 31.2 Å². The van der Waals surface area contributed by atoms with Gasteiger partial charge in [-0.15, -0.1) is 0 Å². The summed E-state index contributed by atoms with van der Waals surface area (Å²) in [5, 5.41) is 3.37. The van der Waals surface area contributed by atoms with Crippen molar-refractivity contribution < 1.29 is 14.3 Å². The van der Waals surface area contributed by atoms with Crippen LogP contribution in [0, 0.1) is 0 Å². The monoisotopic (exact) mass is 338 g/mol. The number of carbonyl (C=O) groups excluding carboxylic acids is 1. The van der Waals surface area contributed by atoms with Crippen LogP contribution in [0.15, 0.2) is 36.7 Å². The van der Waals surface area contributed by atoms with Crippen LogP contribution < -0.4 is 10.1 Å². The fourth-order valence-electron chi connectivity index (χ4n) is 3.42. The summed E-state index contributed by atoms with van der Waals surface area (Å²) in [4.78, 5) is 16.0. The molecule has 0 spiro atoms. The average Bonchev–Trinajstić information content (AvgIpc) is 3.50. The number of nitrogens with zero attached hydrogens (tertiary/aromatic N) is 1. The van der Waals surface area contributed by atoms with Crippen LogP contribution in [0.2, 0.25) is 0 Å². The van der Waals surface area contributed by atoms with Crippen molar-refractivity contribution in [3.05, 3.63) is 53.3 Å². The Balaban J connectivity index is 1.51. The number of ether oxygens (including phenoxy) is 2. The normalized spacial score (nSPS) is 18.8. The second-order valence-electron chi connectivity index (χ2n) is 6.70. The molecule has 1 atom stereocenters. The van der Waals surface area contributed by atoms with Gasteiger partial charge in [0.25, 0.3) is 0 Å². The summed E-state index contributed by atoms with van der Waals surface area (Å²) in [5.41, 5.74) is 3.85. The smallest absolute Gasteiger partial charge is 0.340 e. The predicted octanol–water partition coefficient (Wildman–Crippen LogP) is 3.72. The van der Waals surface area contributed by atoms with E-state index in [4.69, 9.17) is 9.47 Å². The lowest BCUT2D eigenvalue weighted by molar-refractivity contribution is 0.0601. The Bertz CT molecular complexity index is 786. The first kappa shape index (κ1) is 15.9. The molecule has 1 saturated carbocycles. The average molecular weight is 338 g/mol. The van der Waals surface area contributed by atoms with Crippen LogP contribution in [0.3, 0.4) is 0 Å². The van der Waals surface area contributed by atoms with Crippen LogP contribution in [0.1, 0.15) is 52.6 Å². The van der Waals surface area contributed by atoms with Crippen LogP contribution in [-0.2, 0) is 4.74 Å². The molecule has 4 rings (SSSR count). The highest BCUT2D eigenvalue weighted by molar-refractivity contribution is 5.95. The van der Waals surface area contributed by atoms with E-state index in [9.17, 15) is 4.79 Å². The van der Waals surface area contributed by atoms with Crippen LogP contribution in [0.4, 0.5) is 5.69 Å². The van der Waals surface area contributed by atoms with E-state index in [2.05, 4.69) is 28.5 Å². The van der Waals surface area contributed by atoms with E-state index < -0.39 is 0 Å². The van der Waals surface area contributed by atoms with E-state index in [1.807, 2.05) is 0 Å². The van der Waals surface area contributed by atoms with Gasteiger partial charge in [0.05, 0.1) is 31.2 Å². The number of fused-ring (bicyclic) bond motifs is 1. The number of pyridine rings is 1. The van der Waals surface area contributed by atoms with Gasteiger partial charge in [0.1, 0.15) is 5.75 Å². The Morgan fingerprint density at radius 3 is 3.00 bits per heavy atom. The maximum atomic E-state index is 11.9. The lowest BCUT2D eigenvalue weighted by atomic mass is 9.91. The number of carbonyl (C=O) groups is 1. The molecule has 1 fully saturated rings. The van der Waals surface area contributed by atoms with E-state index in [0.29, 0.717) is 17.2 Å². The molecule has 2 heterocycles. The van der Waals surface area contributed by atoms with Crippen molar-refractivity contribution in [1.82, 2.24) is 4.98 Å². The lowest BCUT2D eigenvalue weighted by Gasteiger charge is -2.27. The van der Waals surface area contributed by atoms with Gasteiger partial charge in [-0.25, -0.2) is 4.79 Å². The molecule has 1 aliphatic heterocycles. The highest BCUT2D eigenvalue weighted by Gasteiger charge is 2.27. The summed E-state index contributed by atoms with van der Waals surface area (Å²) in [6.45, 7) is 1.46. The molecular weight excluding hydrogens is 316 g/mol. The molecule has 130 valence electrons. The minimum absolute atomic E-state index is 0.350. The summed E-state index contributed by atoms with van der Waals surface area (Å²) in [6.07, 6.45) is 6.81. The maximum absolute atomic E-state index is 11.9. The molecule has 0 radical (unpaired) electrons. The first-order valence-electron chi connectivity index (χ1n) is 8.79. The number of anilines is 1. The summed E-state index contributed by atoms with van der Waals surface area (Å²) < 4.78 is 10.7. The Kier molecular flexibility index (Phi) is 4.30. The Labute approximate surface area is 147 Å². The van der Waals surface area contributed by atoms with Gasteiger partial charge < -0.3 is 14.8 Å². The van der Waals surface area contributed by atoms with E-state index in [1.165, 1.54) is 31.1 Å². The van der Waals surface area contributed by atoms with Gasteiger partial charge in [0.2, 0.25) is 0 Å². The summed E-state index contributed by atoms with van der Waals surface area (Å²) >= 11 is 0. The van der Waals surface area contributed by atoms with Crippen LogP contribution in [0.5, 0.6) is 5.75 Å². The molecule has 1 aromatic heterocycles. The highest BCUT2D eigenvalue weighted by atomic mass is 16.5. The standard InChI is InChI=1S/C20H22N2O3/c1-24-20(23)17-6-8-21-12-18(17)22-11-15-7-9-25-19-10-14(13-2-3-13)4-5-16(15)19/h4-6,8,10,12-13,15,22H,2-3,7,9,11H2,1H3/t15-/m1/s1. The largest absolute Gasteiger partial charge is 0.493 e. The molecule has 2 aromatic rings. The van der Waals surface area contributed by atoms with Crippen LogP contribution >= 0.6 is 0 Å². The summed E-state index contributed by atoms with van der Waals surface area (Å²) in [6, 6.07) is 8.33. The second-order valence-corrected chi connectivity index (χ2v) is 6.70. The molecule has 25 heavy (non-hydrogen) atoms. The third-order valence-electron chi connectivity index (χ3n) is 5.02. The minimum atomic E-state index is -0.355. The lowest BCUT2D eigenvalue weighted by Crippen LogP contribution is -2.21. The second kappa shape index (κ2) is 6.75. The quantitative estimate of drug-likeness (QED) is 0.842. The molecule has 0 amide bonds. The summed E-state index contributed by atoms with van der Waals surface area (Å²) in [5.74, 6) is 1.74. The fraction of sp³-hybridized carbons (Fsp3) is 0.400. The van der Waals surface area contributed by atoms with Crippen molar-refractivity contribution in [1.29, 1.82) is 0 Å². The fourth-order valence-corrected chi connectivity index (χ4v) is 3.42. The minimum Gasteiger partial charge on any atom is -0.493 e. The maximum Gasteiger partial charge on any atom is 0.340 e. The zero-order valence-corrected chi connectivity index (χ0v) is 14.3. The molecular formula is C20H22N2O3. The third kappa shape index (κ3) is 3.31. The van der Waals surface area contributed by atoms with Crippen molar-refractivity contribution in [3.8, 4) is 5.75 Å². The van der Waals surface area contributed by atoms with Gasteiger partial charge in [-0.3, -0.25) is 4.98 Å². The highest BCUT2D eigenvalue weighted by Crippen LogP contribution is 2.43. The molecule has 1 N–H and O–H groups in total. The number of nitrogens with one attached hydrogen (secondary N) is 1. The number of esters is 1. The van der Waals surface area contributed by atoms with Gasteiger partial charge in [0.15, 0.2) is 0 Å². The van der Waals surface area contributed by atoms with Crippen molar-refractivity contribution in [2.24, 2.45) is 0 Å². The topological polar surface area (TPSA) is 60.5 Å². The zero-order chi connectivity index (χ0) is 17.2. The predicted molar refractivity (Wildman–Crippen MR) is 95.3 cm³/mol. The van der Waals surface area contributed by atoms with Crippen LogP contribution in [0.25, 0.3) is 0 Å². The van der Waals surface area contributed by atoms with E-state index >= 15 is 0 Å². The Morgan fingerprint density at radius 2 is 2.20 bits per heavy atom. The molecule has 5 nitrogen and oxygen atoms in total. The number of hydrogen-bond acceptors (Lipinski definition) is 5. The SMILES string of the molecule is COC(=O)c1ccncc1NC[C@H]1CCOc2cc(C3CC3)ccc21. The molecule has 5 heteroatoms. The van der Waals surface area contributed by atoms with Gasteiger partial charge in [-0.1, -0.05) is 12.1 Å². The summed E-state index contributed by atoms with van der Waals surface area (Å²) in [7, 11) is 1.39. The number of methoxy groups -OCH3 is 1. The zero-order valence-electron chi connectivity index (χ0n) is 14.3. The Morgan fingerprint density at radius 1 is 1.32 bits per heavy atom. The molecule has 1 aliphatic carbocycles. The first-order valence-corrected chi connectivity index (χ1v) is 8.79. The Hall–Kier alpha value is -2.56. The van der Waals surface area contributed by atoms with Crippen molar-refractivity contribution in [2.75, 3.05) is 25.6 Å². The molecule has 0 unspecified atom stereocenters. The number of rotatable bonds is 5. The van der Waals surface area contributed by atoms with Gasteiger partial charge in [-0.2, -0.15) is 0 Å². The molecule has 1 aromatic carbocycles. The van der Waals surface area contributed by atoms with Gasteiger partial charge in [0, 0.05) is 18.7 Å². The first-order chi connectivity index (χ1) is 12.3. The van der Waals surface area contributed by atoms with Crippen molar-refractivity contribution in [2.45, 2.75) is 31.1 Å². The van der Waals surface area contributed by atoms with Gasteiger partial charge >= 0.3 is 5.97 Å². The number of benzene rings is 1. The molecule has 0 saturated heterocycles. The van der Waals surface area contributed by atoms with Crippen LogP contribution in [-0.4, -0.2) is 31.2 Å².